The summed E-state index contributed by atoms with van der Waals surface area (Å²) >= 11 is 0.719. The Morgan fingerprint density at radius 1 is 1.08 bits per heavy atom. The third-order valence-electron chi connectivity index (χ3n) is 5.22. The maximum absolute atomic E-state index is 12.5. The molecule has 0 aliphatic heterocycles. The molecule has 1 N–H and O–H groups in total. The highest BCUT2D eigenvalue weighted by Crippen LogP contribution is 2.29. The fourth-order valence-electron chi connectivity index (χ4n) is 3.00. The molecule has 1 amide bonds. The number of carbonyl (C=O) groups excluding carboxylic acids is 1. The van der Waals surface area contributed by atoms with Crippen LogP contribution in [0.25, 0.3) is 6.08 Å². The van der Waals surface area contributed by atoms with Gasteiger partial charge in [-0.15, -0.1) is 10.2 Å². The average Bonchev–Trinajstić information content (AvgIpc) is 3.37. The van der Waals surface area contributed by atoms with Crippen LogP contribution in [0.2, 0.25) is 0 Å². The second-order valence-electron chi connectivity index (χ2n) is 7.75. The van der Waals surface area contributed by atoms with E-state index < -0.39 is 15.7 Å². The van der Waals surface area contributed by atoms with E-state index in [9.17, 15) is 18.5 Å². The summed E-state index contributed by atoms with van der Waals surface area (Å²) in [7, 11) is -2.06. The first-order valence-electron chi connectivity index (χ1n) is 11.2. The molecule has 194 valence electrons. The summed E-state index contributed by atoms with van der Waals surface area (Å²) < 4.78 is 40.5. The Hall–Kier alpha value is -3.95. The minimum Gasteiger partial charge on any atom is -0.493 e. The Bertz CT molecular complexity index is 1460. The van der Waals surface area contributed by atoms with Crippen LogP contribution >= 0.6 is 11.3 Å². The lowest BCUT2D eigenvalue weighted by Crippen LogP contribution is -2.13. The number of sulfone groups is 1. The number of aromatic nitrogens is 2. The van der Waals surface area contributed by atoms with Crippen molar-refractivity contribution in [1.29, 1.82) is 5.26 Å². The van der Waals surface area contributed by atoms with E-state index in [1.54, 1.807) is 18.2 Å². The van der Waals surface area contributed by atoms with Gasteiger partial charge in [0.25, 0.3) is 5.91 Å². The molecule has 0 unspecified atom stereocenters. The molecule has 0 aliphatic rings. The molecule has 1 aromatic heterocycles. The fourth-order valence-corrected chi connectivity index (χ4v) is 4.98. The largest absolute Gasteiger partial charge is 0.493 e. The van der Waals surface area contributed by atoms with E-state index in [4.69, 9.17) is 14.2 Å². The minimum atomic E-state index is -3.55. The SMILES string of the molecule is CCS(=O)(=O)c1nnc(NC(=O)C(C#N)=Cc2ccc(OCCOc3ccc(C)c(C)c3)c(OC)c2)s1. The zero-order chi connectivity index (χ0) is 27.0. The van der Waals surface area contributed by atoms with Gasteiger partial charge in [0.15, 0.2) is 11.5 Å². The van der Waals surface area contributed by atoms with Gasteiger partial charge in [0.05, 0.1) is 12.9 Å². The number of amides is 1. The Morgan fingerprint density at radius 2 is 1.84 bits per heavy atom. The van der Waals surface area contributed by atoms with Crippen molar-refractivity contribution in [2.45, 2.75) is 25.1 Å². The van der Waals surface area contributed by atoms with Crippen LogP contribution in [0.3, 0.4) is 0 Å². The number of anilines is 1. The number of nitrogens with zero attached hydrogens (tertiary/aromatic N) is 3. The highest BCUT2D eigenvalue weighted by Gasteiger charge is 2.20. The molecule has 12 heteroatoms. The van der Waals surface area contributed by atoms with Crippen molar-refractivity contribution in [3.63, 3.8) is 0 Å². The number of nitriles is 1. The quantitative estimate of drug-likeness (QED) is 0.165. The van der Waals surface area contributed by atoms with Gasteiger partial charge in [-0.25, -0.2) is 8.42 Å². The fraction of sp³-hybridized carbons (Fsp3) is 0.280. The van der Waals surface area contributed by atoms with Crippen LogP contribution in [-0.4, -0.2) is 50.6 Å². The van der Waals surface area contributed by atoms with E-state index in [0.29, 0.717) is 23.7 Å². The van der Waals surface area contributed by atoms with E-state index in [1.165, 1.54) is 25.7 Å². The van der Waals surface area contributed by atoms with Gasteiger partial charge in [-0.05, 0) is 60.9 Å². The van der Waals surface area contributed by atoms with Crippen molar-refractivity contribution in [2.75, 3.05) is 31.4 Å². The second kappa shape index (κ2) is 12.3. The number of carbonyl (C=O) groups is 1. The first-order chi connectivity index (χ1) is 17.7. The van der Waals surface area contributed by atoms with Crippen molar-refractivity contribution in [3.8, 4) is 23.3 Å². The maximum atomic E-state index is 12.5. The van der Waals surface area contributed by atoms with Crippen molar-refractivity contribution in [1.82, 2.24) is 10.2 Å². The third kappa shape index (κ3) is 7.28. The van der Waals surface area contributed by atoms with E-state index in [2.05, 4.69) is 15.5 Å². The molecule has 0 saturated heterocycles. The molecule has 0 spiro atoms. The second-order valence-corrected chi connectivity index (χ2v) is 11.2. The number of methoxy groups -OCH3 is 1. The van der Waals surface area contributed by atoms with Crippen LogP contribution in [0.4, 0.5) is 5.13 Å². The summed E-state index contributed by atoms with van der Waals surface area (Å²) in [5.41, 5.74) is 2.64. The molecule has 2 aromatic carbocycles. The molecule has 0 radical (unpaired) electrons. The van der Waals surface area contributed by atoms with E-state index in [0.717, 1.165) is 22.6 Å². The maximum Gasteiger partial charge on any atom is 0.268 e. The monoisotopic (exact) mass is 542 g/mol. The van der Waals surface area contributed by atoms with Gasteiger partial charge in [0, 0.05) is 0 Å². The lowest BCUT2D eigenvalue weighted by molar-refractivity contribution is -0.112. The zero-order valence-electron chi connectivity index (χ0n) is 20.8. The number of hydrogen-bond donors (Lipinski definition) is 1. The van der Waals surface area contributed by atoms with Crippen molar-refractivity contribution >= 4 is 38.3 Å². The Morgan fingerprint density at radius 3 is 2.51 bits per heavy atom. The topological polar surface area (TPSA) is 140 Å². The molecular formula is C25H26N4O6S2. The number of hydrogen-bond acceptors (Lipinski definition) is 10. The van der Waals surface area contributed by atoms with Gasteiger partial charge in [-0.3, -0.25) is 10.1 Å². The summed E-state index contributed by atoms with van der Waals surface area (Å²) in [4.78, 5) is 12.5. The Kier molecular flexibility index (Phi) is 9.21. The van der Waals surface area contributed by atoms with Crippen molar-refractivity contribution in [2.24, 2.45) is 0 Å². The highest BCUT2D eigenvalue weighted by atomic mass is 32.2. The standard InChI is InChI=1S/C25H26N4O6S2/c1-5-37(31,32)25-29-28-24(36-25)27-23(30)19(15-26)13-18-7-9-21(22(14-18)33-4)35-11-10-34-20-8-6-16(2)17(3)12-20/h6-9,12-14H,5,10-11H2,1-4H3,(H,27,28,30). The predicted octanol–water partition coefficient (Wildman–Crippen LogP) is 3.96. The van der Waals surface area contributed by atoms with Crippen LogP contribution < -0.4 is 19.5 Å². The van der Waals surface area contributed by atoms with E-state index in [1.807, 2.05) is 38.1 Å². The van der Waals surface area contributed by atoms with Gasteiger partial charge in [-0.1, -0.05) is 30.4 Å². The van der Waals surface area contributed by atoms with E-state index in [-0.39, 0.29) is 27.4 Å². The molecule has 0 fully saturated rings. The molecular weight excluding hydrogens is 516 g/mol. The third-order valence-corrected chi connectivity index (χ3v) is 8.24. The summed E-state index contributed by atoms with van der Waals surface area (Å²) in [6.07, 6.45) is 1.37. The Labute approximate surface area is 219 Å². The van der Waals surface area contributed by atoms with Gasteiger partial charge >= 0.3 is 0 Å². The molecule has 37 heavy (non-hydrogen) atoms. The molecule has 1 heterocycles. The summed E-state index contributed by atoms with van der Waals surface area (Å²) in [5, 5.41) is 19.1. The number of benzene rings is 2. The number of rotatable bonds is 11. The van der Waals surface area contributed by atoms with Gasteiger partial charge in [-0.2, -0.15) is 5.26 Å². The lowest BCUT2D eigenvalue weighted by Gasteiger charge is -2.13. The van der Waals surface area contributed by atoms with E-state index >= 15 is 0 Å². The molecule has 3 aromatic rings. The van der Waals surface area contributed by atoms with Crippen LogP contribution in [0.5, 0.6) is 17.2 Å². The first-order valence-corrected chi connectivity index (χ1v) is 13.6. The average molecular weight is 543 g/mol. The number of nitrogens with one attached hydrogen (secondary N) is 1. The smallest absolute Gasteiger partial charge is 0.268 e. The molecule has 0 aliphatic carbocycles. The first kappa shape index (κ1) is 27.6. The minimum absolute atomic E-state index is 0.0254. The molecule has 0 atom stereocenters. The van der Waals surface area contributed by atoms with Crippen LogP contribution in [0.15, 0.2) is 46.3 Å². The lowest BCUT2D eigenvalue weighted by atomic mass is 10.1. The number of ether oxygens (including phenoxy) is 3. The van der Waals surface area contributed by atoms with Gasteiger partial charge < -0.3 is 14.2 Å². The van der Waals surface area contributed by atoms with Gasteiger partial charge in [0.1, 0.15) is 30.6 Å². The summed E-state index contributed by atoms with van der Waals surface area (Å²) in [6, 6.07) is 12.7. The van der Waals surface area contributed by atoms with Crippen molar-refractivity contribution in [3.05, 3.63) is 58.7 Å². The van der Waals surface area contributed by atoms with Crippen LogP contribution in [0.1, 0.15) is 23.6 Å². The van der Waals surface area contributed by atoms with Crippen molar-refractivity contribution < 1.29 is 27.4 Å². The molecule has 0 saturated carbocycles. The van der Waals surface area contributed by atoms with Gasteiger partial charge in [0.2, 0.25) is 19.3 Å². The normalized spacial score (nSPS) is 11.5. The molecule has 10 nitrogen and oxygen atoms in total. The Balaban J connectivity index is 1.64. The van der Waals surface area contributed by atoms with Crippen LogP contribution in [-0.2, 0) is 14.6 Å². The highest BCUT2D eigenvalue weighted by molar-refractivity contribution is 7.93. The predicted molar refractivity (Wildman–Crippen MR) is 140 cm³/mol. The molecule has 0 bridgehead atoms. The molecule has 3 rings (SSSR count). The van der Waals surface area contributed by atoms with Crippen LogP contribution in [0, 0.1) is 25.2 Å². The number of aryl methyl sites for hydroxylation is 2. The summed E-state index contributed by atoms with van der Waals surface area (Å²) in [5.74, 6) is 0.765. The summed E-state index contributed by atoms with van der Waals surface area (Å²) in [6.45, 7) is 6.15. The zero-order valence-corrected chi connectivity index (χ0v) is 22.4.